The van der Waals surface area contributed by atoms with E-state index in [0.717, 1.165) is 35.9 Å². The number of benzene rings is 2. The fraction of sp³-hybridized carbons (Fsp3) is 0.370. The third-order valence-electron chi connectivity index (χ3n) is 7.01. The fourth-order valence-corrected chi connectivity index (χ4v) is 5.00. The number of hydrogen-bond acceptors (Lipinski definition) is 5. The predicted molar refractivity (Wildman–Crippen MR) is 133 cm³/mol. The first-order valence-corrected chi connectivity index (χ1v) is 11.8. The van der Waals surface area contributed by atoms with Gasteiger partial charge in [-0.2, -0.15) is 0 Å². The minimum Gasteiger partial charge on any atom is -0.497 e. The highest BCUT2D eigenvalue weighted by Gasteiger charge is 2.38. The van der Waals surface area contributed by atoms with Crippen LogP contribution in [0.15, 0.2) is 48.5 Å². The number of carbonyl (C=O) groups excluding carboxylic acids is 2. The molecule has 176 valence electrons. The van der Waals surface area contributed by atoms with Gasteiger partial charge in [-0.3, -0.25) is 9.59 Å². The van der Waals surface area contributed by atoms with E-state index in [1.54, 1.807) is 12.0 Å². The lowest BCUT2D eigenvalue weighted by atomic mass is 10.1. The van der Waals surface area contributed by atoms with Gasteiger partial charge in [0, 0.05) is 50.2 Å². The number of piperazine rings is 1. The molecule has 0 saturated carbocycles. The highest BCUT2D eigenvalue weighted by atomic mass is 16.5. The number of anilines is 2. The lowest BCUT2D eigenvalue weighted by molar-refractivity contribution is -0.136. The number of ether oxygens (including phenoxy) is 1. The van der Waals surface area contributed by atoms with E-state index in [9.17, 15) is 9.59 Å². The van der Waals surface area contributed by atoms with Crippen molar-refractivity contribution >= 4 is 34.2 Å². The van der Waals surface area contributed by atoms with Crippen LogP contribution in [0.5, 0.6) is 5.75 Å². The molecule has 2 aromatic carbocycles. The van der Waals surface area contributed by atoms with Gasteiger partial charge in [-0.15, -0.1) is 0 Å². The van der Waals surface area contributed by atoms with Gasteiger partial charge in [0.25, 0.3) is 0 Å². The van der Waals surface area contributed by atoms with Gasteiger partial charge in [0.2, 0.25) is 11.8 Å². The zero-order valence-electron chi connectivity index (χ0n) is 20.0. The van der Waals surface area contributed by atoms with Crippen LogP contribution < -0.4 is 14.5 Å². The number of para-hydroxylation sites is 1. The van der Waals surface area contributed by atoms with E-state index < -0.39 is 0 Å². The molecule has 0 radical (unpaired) electrons. The lowest BCUT2D eigenvalue weighted by Crippen LogP contribution is -2.51. The van der Waals surface area contributed by atoms with Crippen LogP contribution in [0.25, 0.3) is 10.9 Å². The number of fused-ring (bicyclic) bond motifs is 1. The van der Waals surface area contributed by atoms with E-state index in [-0.39, 0.29) is 24.2 Å². The Bertz CT molecular complexity index is 1230. The molecule has 2 amide bonds. The Morgan fingerprint density at radius 1 is 1.00 bits per heavy atom. The first-order chi connectivity index (χ1) is 16.4. The minimum atomic E-state index is -0.301. The fourth-order valence-electron chi connectivity index (χ4n) is 5.00. The van der Waals surface area contributed by atoms with Crippen molar-refractivity contribution in [3.05, 3.63) is 59.7 Å². The van der Waals surface area contributed by atoms with Crippen LogP contribution >= 0.6 is 0 Å². The molecule has 5 rings (SSSR count). The average Bonchev–Trinajstić information content (AvgIpc) is 3.26. The third-order valence-corrected chi connectivity index (χ3v) is 7.01. The summed E-state index contributed by atoms with van der Waals surface area (Å²) in [5.41, 5.74) is 4.23. The van der Waals surface area contributed by atoms with Crippen LogP contribution in [0, 0.1) is 19.8 Å². The normalized spacial score (nSPS) is 18.6. The zero-order valence-corrected chi connectivity index (χ0v) is 20.0. The molecule has 0 spiro atoms. The molecule has 0 N–H and O–H groups in total. The number of methoxy groups -OCH3 is 1. The van der Waals surface area contributed by atoms with E-state index in [0.29, 0.717) is 19.6 Å². The summed E-state index contributed by atoms with van der Waals surface area (Å²) < 4.78 is 5.20. The molecule has 1 aromatic heterocycles. The van der Waals surface area contributed by atoms with Gasteiger partial charge in [0.15, 0.2) is 0 Å². The van der Waals surface area contributed by atoms with Crippen molar-refractivity contribution in [2.24, 2.45) is 5.92 Å². The minimum absolute atomic E-state index is 0.00615. The lowest BCUT2D eigenvalue weighted by Gasteiger charge is -2.36. The Kier molecular flexibility index (Phi) is 5.86. The summed E-state index contributed by atoms with van der Waals surface area (Å²) in [6, 6.07) is 15.8. The van der Waals surface area contributed by atoms with Crippen LogP contribution in [-0.4, -0.2) is 61.5 Å². The molecule has 0 bridgehead atoms. The van der Waals surface area contributed by atoms with Crippen molar-refractivity contribution in [2.75, 3.05) is 49.6 Å². The number of aromatic nitrogens is 1. The van der Waals surface area contributed by atoms with Gasteiger partial charge in [0.05, 0.1) is 18.5 Å². The molecule has 0 aliphatic carbocycles. The first kappa shape index (κ1) is 22.2. The Balaban J connectivity index is 1.23. The molecule has 1 unspecified atom stereocenters. The maximum Gasteiger partial charge on any atom is 0.228 e. The number of rotatable bonds is 4. The summed E-state index contributed by atoms with van der Waals surface area (Å²) in [4.78, 5) is 36.7. The molecular weight excluding hydrogens is 428 g/mol. The number of pyridine rings is 1. The van der Waals surface area contributed by atoms with Crippen LogP contribution in [0.1, 0.15) is 17.5 Å². The summed E-state index contributed by atoms with van der Waals surface area (Å²) >= 11 is 0. The SMILES string of the molecule is COc1ccc(N2CC(C(=O)N3CCN(c4cc(C)c5cccc(C)c5n4)CC3)CC2=O)cc1. The summed E-state index contributed by atoms with van der Waals surface area (Å²) in [7, 11) is 1.61. The molecule has 3 aromatic rings. The predicted octanol–water partition coefficient (Wildman–Crippen LogP) is 3.56. The van der Waals surface area contributed by atoms with E-state index in [1.807, 2.05) is 29.2 Å². The molecule has 1 atom stereocenters. The molecule has 2 aliphatic heterocycles. The van der Waals surface area contributed by atoms with E-state index >= 15 is 0 Å². The van der Waals surface area contributed by atoms with Crippen molar-refractivity contribution in [3.63, 3.8) is 0 Å². The second-order valence-electron chi connectivity index (χ2n) is 9.18. The van der Waals surface area contributed by atoms with Gasteiger partial charge < -0.3 is 19.4 Å². The highest BCUT2D eigenvalue weighted by molar-refractivity contribution is 6.00. The van der Waals surface area contributed by atoms with Crippen molar-refractivity contribution in [1.82, 2.24) is 9.88 Å². The van der Waals surface area contributed by atoms with Gasteiger partial charge >= 0.3 is 0 Å². The summed E-state index contributed by atoms with van der Waals surface area (Å²) in [5, 5.41) is 1.19. The number of carbonyl (C=O) groups is 2. The molecule has 2 saturated heterocycles. The summed E-state index contributed by atoms with van der Waals surface area (Å²) in [6.45, 7) is 7.38. The van der Waals surface area contributed by atoms with Crippen molar-refractivity contribution in [1.29, 1.82) is 0 Å². The molecule has 3 heterocycles. The van der Waals surface area contributed by atoms with Gasteiger partial charge in [-0.25, -0.2) is 4.98 Å². The van der Waals surface area contributed by atoms with Crippen molar-refractivity contribution in [2.45, 2.75) is 20.3 Å². The maximum atomic E-state index is 13.2. The summed E-state index contributed by atoms with van der Waals surface area (Å²) in [6.07, 6.45) is 0.260. The largest absolute Gasteiger partial charge is 0.497 e. The monoisotopic (exact) mass is 458 g/mol. The van der Waals surface area contributed by atoms with Gasteiger partial charge in [-0.1, -0.05) is 18.2 Å². The highest BCUT2D eigenvalue weighted by Crippen LogP contribution is 2.29. The van der Waals surface area contributed by atoms with Crippen LogP contribution in [0.3, 0.4) is 0 Å². The second kappa shape index (κ2) is 8.97. The number of aryl methyl sites for hydroxylation is 2. The van der Waals surface area contributed by atoms with Crippen molar-refractivity contribution < 1.29 is 14.3 Å². The number of amides is 2. The molecule has 34 heavy (non-hydrogen) atoms. The van der Waals surface area contributed by atoms with Gasteiger partial charge in [0.1, 0.15) is 11.6 Å². The van der Waals surface area contributed by atoms with E-state index in [2.05, 4.69) is 43.0 Å². The van der Waals surface area contributed by atoms with Gasteiger partial charge in [-0.05, 0) is 55.3 Å². The second-order valence-corrected chi connectivity index (χ2v) is 9.18. The van der Waals surface area contributed by atoms with Crippen LogP contribution in [0.2, 0.25) is 0 Å². The third kappa shape index (κ3) is 4.06. The quantitative estimate of drug-likeness (QED) is 0.598. The number of hydrogen-bond donors (Lipinski definition) is 0. The molecule has 7 heteroatoms. The Labute approximate surface area is 199 Å². The Morgan fingerprint density at radius 3 is 2.44 bits per heavy atom. The maximum absolute atomic E-state index is 13.2. The molecule has 2 aliphatic rings. The van der Waals surface area contributed by atoms with Crippen LogP contribution in [-0.2, 0) is 9.59 Å². The average molecular weight is 459 g/mol. The number of nitrogens with zero attached hydrogens (tertiary/aromatic N) is 4. The van der Waals surface area contributed by atoms with E-state index in [1.165, 1.54) is 16.5 Å². The molecule has 7 nitrogen and oxygen atoms in total. The standard InChI is InChI=1S/C27H30N4O3/c1-18-5-4-6-23-19(2)15-24(28-26(18)23)29-11-13-30(14-12-29)27(33)20-16-25(32)31(17-20)21-7-9-22(34-3)10-8-21/h4-10,15,20H,11-14,16-17H2,1-3H3. The summed E-state index contributed by atoms with van der Waals surface area (Å²) in [5.74, 6) is 1.47. The Hall–Kier alpha value is -3.61. The first-order valence-electron chi connectivity index (χ1n) is 11.8. The van der Waals surface area contributed by atoms with Crippen molar-refractivity contribution in [3.8, 4) is 5.75 Å². The molecule has 2 fully saturated rings. The van der Waals surface area contributed by atoms with Crippen LogP contribution in [0.4, 0.5) is 11.5 Å². The zero-order chi connectivity index (χ0) is 23.8. The smallest absolute Gasteiger partial charge is 0.228 e. The van der Waals surface area contributed by atoms with E-state index in [4.69, 9.17) is 9.72 Å². The topological polar surface area (TPSA) is 66.0 Å². The Morgan fingerprint density at radius 2 is 1.74 bits per heavy atom. The molecular formula is C27H30N4O3.